The predicted molar refractivity (Wildman–Crippen MR) is 83.3 cm³/mol. The molecule has 5 heteroatoms. The van der Waals surface area contributed by atoms with Crippen molar-refractivity contribution in [2.24, 2.45) is 0 Å². The summed E-state index contributed by atoms with van der Waals surface area (Å²) in [4.78, 5) is 4.67. The lowest BCUT2D eigenvalue weighted by molar-refractivity contribution is 0.478. The van der Waals surface area contributed by atoms with Crippen LogP contribution in [0.4, 0.5) is 11.5 Å². The van der Waals surface area contributed by atoms with Crippen LogP contribution < -0.4 is 9.80 Å². The summed E-state index contributed by atoms with van der Waals surface area (Å²) in [5, 5.41) is 8.08. The molecule has 0 radical (unpaired) electrons. The maximum Gasteiger partial charge on any atom is 0.130 e. The van der Waals surface area contributed by atoms with Crippen LogP contribution in [0.2, 0.25) is 5.02 Å². The average molecular weight is 291 g/mol. The summed E-state index contributed by atoms with van der Waals surface area (Å²) >= 11 is 5.97. The highest BCUT2D eigenvalue weighted by Crippen LogP contribution is 2.33. The molecule has 3 rings (SSSR count). The van der Waals surface area contributed by atoms with E-state index in [1.165, 1.54) is 11.3 Å². The Balaban J connectivity index is 1.95. The number of rotatable bonds is 1. The zero-order valence-electron chi connectivity index (χ0n) is 12.0. The summed E-state index contributed by atoms with van der Waals surface area (Å²) in [6, 6.07) is 7.99. The molecule has 2 heterocycles. The fourth-order valence-electron chi connectivity index (χ4n) is 2.52. The smallest absolute Gasteiger partial charge is 0.130 e. The standard InChI is InChI=1S/C15H19ClN4/c1-15(2,3)20-10-19(9-11-8-17-18-14(11)20)13-6-4-12(16)5-7-13/h4-8H,9-10H2,1-3H3,(H,17,18). The number of benzene rings is 1. The summed E-state index contributed by atoms with van der Waals surface area (Å²) in [6.07, 6.45) is 1.91. The molecule has 0 aliphatic carbocycles. The molecule has 0 saturated heterocycles. The Morgan fingerprint density at radius 3 is 2.55 bits per heavy atom. The SMILES string of the molecule is CC(C)(C)N1CN(c2ccc(Cl)cc2)Cc2cn[nH]c21. The highest BCUT2D eigenvalue weighted by atomic mass is 35.5. The number of aromatic nitrogens is 2. The first-order valence-corrected chi connectivity index (χ1v) is 7.13. The number of nitrogens with one attached hydrogen (secondary N) is 1. The molecule has 2 aromatic rings. The van der Waals surface area contributed by atoms with E-state index in [1.54, 1.807) is 0 Å². The van der Waals surface area contributed by atoms with Gasteiger partial charge in [-0.1, -0.05) is 11.6 Å². The first-order valence-electron chi connectivity index (χ1n) is 6.75. The maximum atomic E-state index is 5.97. The van der Waals surface area contributed by atoms with Crippen molar-refractivity contribution in [2.45, 2.75) is 32.9 Å². The molecule has 1 N–H and O–H groups in total. The number of aromatic amines is 1. The first kappa shape index (κ1) is 13.3. The van der Waals surface area contributed by atoms with Gasteiger partial charge in [0.2, 0.25) is 0 Å². The van der Waals surface area contributed by atoms with Gasteiger partial charge in [0.1, 0.15) is 5.82 Å². The van der Waals surface area contributed by atoms with E-state index < -0.39 is 0 Å². The average Bonchev–Trinajstić information content (AvgIpc) is 2.85. The predicted octanol–water partition coefficient (Wildman–Crippen LogP) is 3.65. The van der Waals surface area contributed by atoms with Crippen molar-refractivity contribution < 1.29 is 0 Å². The van der Waals surface area contributed by atoms with E-state index in [0.717, 1.165) is 24.1 Å². The molecule has 0 unspecified atom stereocenters. The lowest BCUT2D eigenvalue weighted by atomic mass is 10.0. The topological polar surface area (TPSA) is 35.2 Å². The minimum absolute atomic E-state index is 0.0341. The third kappa shape index (κ3) is 2.36. The van der Waals surface area contributed by atoms with Crippen molar-refractivity contribution in [3.05, 3.63) is 41.0 Å². The van der Waals surface area contributed by atoms with Gasteiger partial charge in [0.15, 0.2) is 0 Å². The molecular weight excluding hydrogens is 272 g/mol. The fourth-order valence-corrected chi connectivity index (χ4v) is 2.65. The Kier molecular flexibility index (Phi) is 3.13. The van der Waals surface area contributed by atoms with Crippen molar-refractivity contribution in [1.82, 2.24) is 10.2 Å². The van der Waals surface area contributed by atoms with E-state index in [-0.39, 0.29) is 5.54 Å². The fraction of sp³-hybridized carbons (Fsp3) is 0.400. The number of halogens is 1. The number of fused-ring (bicyclic) bond motifs is 1. The minimum atomic E-state index is 0.0341. The van der Waals surface area contributed by atoms with E-state index in [1.807, 2.05) is 18.3 Å². The second-order valence-corrected chi connectivity index (χ2v) is 6.59. The summed E-state index contributed by atoms with van der Waals surface area (Å²) < 4.78 is 0. The normalized spacial score (nSPS) is 15.4. The van der Waals surface area contributed by atoms with Crippen LogP contribution in [0.1, 0.15) is 26.3 Å². The Labute approximate surface area is 124 Å². The molecule has 20 heavy (non-hydrogen) atoms. The number of hydrogen-bond donors (Lipinski definition) is 1. The van der Waals surface area contributed by atoms with E-state index in [4.69, 9.17) is 11.6 Å². The number of nitrogens with zero attached hydrogens (tertiary/aromatic N) is 3. The molecule has 0 amide bonds. The van der Waals surface area contributed by atoms with Gasteiger partial charge in [-0.15, -0.1) is 0 Å². The minimum Gasteiger partial charge on any atom is -0.349 e. The molecule has 0 fully saturated rings. The molecule has 0 spiro atoms. The summed E-state index contributed by atoms with van der Waals surface area (Å²) in [5.41, 5.74) is 2.43. The molecule has 1 aromatic heterocycles. The molecule has 1 aromatic carbocycles. The summed E-state index contributed by atoms with van der Waals surface area (Å²) in [5.74, 6) is 1.13. The lowest BCUT2D eigenvalue weighted by Crippen LogP contribution is -2.51. The van der Waals surface area contributed by atoms with Gasteiger partial charge >= 0.3 is 0 Å². The van der Waals surface area contributed by atoms with Crippen molar-refractivity contribution >= 4 is 23.1 Å². The van der Waals surface area contributed by atoms with Gasteiger partial charge in [-0.05, 0) is 45.0 Å². The van der Waals surface area contributed by atoms with Gasteiger partial charge in [0.25, 0.3) is 0 Å². The maximum absolute atomic E-state index is 5.97. The van der Waals surface area contributed by atoms with Gasteiger partial charge in [0, 0.05) is 28.4 Å². The molecule has 1 aliphatic heterocycles. The Morgan fingerprint density at radius 2 is 1.90 bits per heavy atom. The van der Waals surface area contributed by atoms with Crippen LogP contribution in [-0.2, 0) is 6.54 Å². The number of H-pyrrole nitrogens is 1. The molecule has 0 saturated carbocycles. The Bertz CT molecular complexity index is 597. The molecule has 0 atom stereocenters. The largest absolute Gasteiger partial charge is 0.349 e. The Hall–Kier alpha value is -1.68. The van der Waals surface area contributed by atoms with Crippen LogP contribution in [0.25, 0.3) is 0 Å². The van der Waals surface area contributed by atoms with Gasteiger partial charge in [-0.25, -0.2) is 0 Å². The summed E-state index contributed by atoms with van der Waals surface area (Å²) in [6.45, 7) is 8.33. The highest BCUT2D eigenvalue weighted by Gasteiger charge is 2.31. The van der Waals surface area contributed by atoms with Crippen LogP contribution in [0.3, 0.4) is 0 Å². The van der Waals surface area contributed by atoms with Crippen LogP contribution in [0.15, 0.2) is 30.5 Å². The van der Waals surface area contributed by atoms with Crippen molar-refractivity contribution in [2.75, 3.05) is 16.5 Å². The second kappa shape index (κ2) is 4.70. The Morgan fingerprint density at radius 1 is 1.20 bits per heavy atom. The number of anilines is 2. The highest BCUT2D eigenvalue weighted by molar-refractivity contribution is 6.30. The molecule has 1 aliphatic rings. The van der Waals surface area contributed by atoms with Crippen LogP contribution in [-0.4, -0.2) is 22.4 Å². The van der Waals surface area contributed by atoms with Crippen molar-refractivity contribution in [3.63, 3.8) is 0 Å². The third-order valence-electron chi connectivity index (χ3n) is 3.64. The molecule has 106 valence electrons. The van der Waals surface area contributed by atoms with Crippen LogP contribution in [0, 0.1) is 0 Å². The monoisotopic (exact) mass is 290 g/mol. The van der Waals surface area contributed by atoms with Gasteiger partial charge in [-0.2, -0.15) is 5.10 Å². The third-order valence-corrected chi connectivity index (χ3v) is 3.89. The van der Waals surface area contributed by atoms with Crippen LogP contribution in [0.5, 0.6) is 0 Å². The first-order chi connectivity index (χ1) is 9.45. The zero-order chi connectivity index (χ0) is 14.3. The van der Waals surface area contributed by atoms with Crippen molar-refractivity contribution in [3.8, 4) is 0 Å². The van der Waals surface area contributed by atoms with E-state index >= 15 is 0 Å². The van der Waals surface area contributed by atoms with Gasteiger partial charge < -0.3 is 9.80 Å². The molecule has 0 bridgehead atoms. The second-order valence-electron chi connectivity index (χ2n) is 6.16. The number of hydrogen-bond acceptors (Lipinski definition) is 3. The van der Waals surface area contributed by atoms with Crippen LogP contribution >= 0.6 is 11.6 Å². The van der Waals surface area contributed by atoms with E-state index in [0.29, 0.717) is 0 Å². The quantitative estimate of drug-likeness (QED) is 0.871. The summed E-state index contributed by atoms with van der Waals surface area (Å²) in [7, 11) is 0. The molecule has 4 nitrogen and oxygen atoms in total. The zero-order valence-corrected chi connectivity index (χ0v) is 12.8. The molecular formula is C15H19ClN4. The lowest BCUT2D eigenvalue weighted by Gasteiger charge is -2.44. The van der Waals surface area contributed by atoms with Gasteiger partial charge in [0.05, 0.1) is 12.9 Å². The van der Waals surface area contributed by atoms with E-state index in [9.17, 15) is 0 Å². The van der Waals surface area contributed by atoms with Crippen molar-refractivity contribution in [1.29, 1.82) is 0 Å². The van der Waals surface area contributed by atoms with E-state index in [2.05, 4.69) is 52.9 Å². The van der Waals surface area contributed by atoms with Gasteiger partial charge in [-0.3, -0.25) is 5.10 Å².